The number of hydrogen-bond acceptors (Lipinski definition) is 4. The van der Waals surface area contributed by atoms with Gasteiger partial charge in [0.1, 0.15) is 10.7 Å². The van der Waals surface area contributed by atoms with E-state index < -0.39 is 0 Å². The molecule has 2 bridgehead atoms. The van der Waals surface area contributed by atoms with Gasteiger partial charge in [-0.1, -0.05) is 30.3 Å². The Morgan fingerprint density at radius 2 is 1.85 bits per heavy atom. The maximum atomic E-state index is 13.1. The number of nitrogens with zero attached hydrogens (tertiary/aromatic N) is 4. The van der Waals surface area contributed by atoms with Crippen LogP contribution in [0.4, 0.5) is 0 Å². The van der Waals surface area contributed by atoms with Gasteiger partial charge in [-0.3, -0.25) is 4.79 Å². The highest BCUT2D eigenvalue weighted by atomic mass is 32.1. The molecule has 5 rings (SSSR count). The first-order valence-electron chi connectivity index (χ1n) is 9.10. The average molecular weight is 364 g/mol. The fourth-order valence-corrected chi connectivity index (χ4v) is 5.23. The van der Waals surface area contributed by atoms with Crippen molar-refractivity contribution in [2.24, 2.45) is 0 Å². The van der Waals surface area contributed by atoms with Crippen LogP contribution >= 0.6 is 11.3 Å². The molecule has 1 aromatic carbocycles. The van der Waals surface area contributed by atoms with Gasteiger partial charge in [-0.15, -0.1) is 11.3 Å². The number of fused-ring (bicyclic) bond motifs is 2. The molecule has 0 saturated carbocycles. The van der Waals surface area contributed by atoms with E-state index in [0.29, 0.717) is 23.8 Å². The second-order valence-electron chi connectivity index (χ2n) is 7.14. The first-order chi connectivity index (χ1) is 12.8. The Morgan fingerprint density at radius 1 is 1.08 bits per heavy atom. The minimum absolute atomic E-state index is 0.0972. The quantitative estimate of drug-likeness (QED) is 0.705. The molecular formula is C20H20N4OS. The maximum Gasteiger partial charge on any atom is 0.273 e. The van der Waals surface area contributed by atoms with Crippen LogP contribution in [0.3, 0.4) is 0 Å². The molecule has 2 fully saturated rings. The van der Waals surface area contributed by atoms with Crippen molar-refractivity contribution in [3.8, 4) is 10.6 Å². The zero-order valence-electron chi connectivity index (χ0n) is 14.4. The number of carbonyl (C=O) groups excluding carboxylic acids is 1. The lowest BCUT2D eigenvalue weighted by Gasteiger charge is -2.39. The highest BCUT2D eigenvalue weighted by Crippen LogP contribution is 2.41. The van der Waals surface area contributed by atoms with Gasteiger partial charge in [-0.2, -0.15) is 0 Å². The molecule has 0 N–H and O–H groups in total. The molecule has 1 amide bonds. The Morgan fingerprint density at radius 3 is 2.54 bits per heavy atom. The molecule has 0 aliphatic carbocycles. The van der Waals surface area contributed by atoms with E-state index in [-0.39, 0.29) is 5.91 Å². The standard InChI is InChI=1S/C20H20N4OS/c25-20(18-12-26-19(22-18)14-4-2-1-3-5-14)24-15-6-7-16(24)11-17(10-15)23-9-8-21-13-23/h1-5,8-9,12-13,15-17H,6-7,10-11H2. The van der Waals surface area contributed by atoms with Gasteiger partial charge in [0.2, 0.25) is 0 Å². The molecule has 5 nitrogen and oxygen atoms in total. The largest absolute Gasteiger partial charge is 0.334 e. The van der Waals surface area contributed by atoms with Crippen LogP contribution in [-0.4, -0.2) is 37.4 Å². The number of amides is 1. The molecule has 2 aliphatic heterocycles. The van der Waals surface area contributed by atoms with Crippen molar-refractivity contribution < 1.29 is 4.79 Å². The van der Waals surface area contributed by atoms with Crippen LogP contribution in [0.2, 0.25) is 0 Å². The number of carbonyl (C=O) groups is 1. The minimum Gasteiger partial charge on any atom is -0.334 e. The third kappa shape index (κ3) is 2.65. The summed E-state index contributed by atoms with van der Waals surface area (Å²) in [6.45, 7) is 0. The average Bonchev–Trinajstić information content (AvgIpc) is 3.42. The molecule has 6 heteroatoms. The van der Waals surface area contributed by atoms with Gasteiger partial charge in [0, 0.05) is 41.5 Å². The molecule has 2 saturated heterocycles. The topological polar surface area (TPSA) is 51.0 Å². The summed E-state index contributed by atoms with van der Waals surface area (Å²) in [7, 11) is 0. The summed E-state index contributed by atoms with van der Waals surface area (Å²) < 4.78 is 2.20. The predicted octanol–water partition coefficient (Wildman–Crippen LogP) is 4.01. The van der Waals surface area contributed by atoms with Crippen LogP contribution in [0.15, 0.2) is 54.4 Å². The Labute approximate surface area is 156 Å². The number of benzene rings is 1. The number of aromatic nitrogens is 3. The second-order valence-corrected chi connectivity index (χ2v) is 7.99. The van der Waals surface area contributed by atoms with E-state index >= 15 is 0 Å². The third-order valence-electron chi connectivity index (χ3n) is 5.63. The third-order valence-corrected chi connectivity index (χ3v) is 6.52. The molecule has 26 heavy (non-hydrogen) atoms. The van der Waals surface area contributed by atoms with Gasteiger partial charge < -0.3 is 9.47 Å². The monoisotopic (exact) mass is 364 g/mol. The van der Waals surface area contributed by atoms with E-state index in [1.807, 2.05) is 54.4 Å². The lowest BCUT2D eigenvalue weighted by Crippen LogP contribution is -2.47. The first kappa shape index (κ1) is 15.8. The maximum absolute atomic E-state index is 13.1. The SMILES string of the molecule is O=C(c1csc(-c2ccccc2)n1)N1C2CCC1CC(n1ccnc1)C2. The summed E-state index contributed by atoms with van der Waals surface area (Å²) in [4.78, 5) is 24.1. The number of imidazole rings is 1. The molecule has 2 aromatic heterocycles. The summed E-state index contributed by atoms with van der Waals surface area (Å²) in [5.41, 5.74) is 1.66. The highest BCUT2D eigenvalue weighted by Gasteiger charge is 2.44. The summed E-state index contributed by atoms with van der Waals surface area (Å²) in [5.74, 6) is 0.0972. The summed E-state index contributed by atoms with van der Waals surface area (Å²) in [6.07, 6.45) is 9.97. The molecule has 2 aliphatic rings. The van der Waals surface area contributed by atoms with Crippen LogP contribution in [-0.2, 0) is 0 Å². The van der Waals surface area contributed by atoms with Crippen LogP contribution in [0.1, 0.15) is 42.2 Å². The van der Waals surface area contributed by atoms with Crippen LogP contribution in [0.5, 0.6) is 0 Å². The number of hydrogen-bond donors (Lipinski definition) is 0. The fraction of sp³-hybridized carbons (Fsp3) is 0.350. The van der Waals surface area contributed by atoms with Crippen LogP contribution in [0, 0.1) is 0 Å². The van der Waals surface area contributed by atoms with Crippen LogP contribution in [0.25, 0.3) is 10.6 Å². The van der Waals surface area contributed by atoms with Gasteiger partial charge in [-0.25, -0.2) is 9.97 Å². The molecule has 2 atom stereocenters. The molecule has 0 radical (unpaired) electrons. The van der Waals surface area contributed by atoms with Gasteiger partial charge in [0.25, 0.3) is 5.91 Å². The number of thiazole rings is 1. The van der Waals surface area contributed by atoms with E-state index in [4.69, 9.17) is 0 Å². The van der Waals surface area contributed by atoms with Crippen molar-refractivity contribution in [3.05, 3.63) is 60.1 Å². The van der Waals surface area contributed by atoms with Crippen molar-refractivity contribution in [1.82, 2.24) is 19.4 Å². The van der Waals surface area contributed by atoms with Gasteiger partial charge in [0.15, 0.2) is 0 Å². The lowest BCUT2D eigenvalue weighted by molar-refractivity contribution is 0.0528. The Balaban J connectivity index is 1.36. The molecular weight excluding hydrogens is 344 g/mol. The second kappa shape index (κ2) is 6.36. The van der Waals surface area contributed by atoms with Crippen molar-refractivity contribution in [2.75, 3.05) is 0 Å². The van der Waals surface area contributed by atoms with Crippen molar-refractivity contribution >= 4 is 17.2 Å². The minimum atomic E-state index is 0.0972. The Hall–Kier alpha value is -2.47. The van der Waals surface area contributed by atoms with E-state index in [1.165, 1.54) is 0 Å². The fourth-order valence-electron chi connectivity index (χ4n) is 4.43. The Bertz CT molecular complexity index is 891. The van der Waals surface area contributed by atoms with Gasteiger partial charge in [-0.05, 0) is 25.7 Å². The zero-order chi connectivity index (χ0) is 17.5. The molecule has 3 aromatic rings. The molecule has 2 unspecified atom stereocenters. The van der Waals surface area contributed by atoms with Gasteiger partial charge in [0.05, 0.1) is 6.33 Å². The predicted molar refractivity (Wildman–Crippen MR) is 101 cm³/mol. The van der Waals surface area contributed by atoms with E-state index in [9.17, 15) is 4.79 Å². The lowest BCUT2D eigenvalue weighted by atomic mass is 9.97. The Kier molecular flexibility index (Phi) is 3.85. The summed E-state index contributed by atoms with van der Waals surface area (Å²) in [6, 6.07) is 11.1. The zero-order valence-corrected chi connectivity index (χ0v) is 15.2. The first-order valence-corrected chi connectivity index (χ1v) is 9.98. The van der Waals surface area contributed by atoms with Crippen molar-refractivity contribution in [2.45, 2.75) is 43.8 Å². The molecule has 0 spiro atoms. The molecule has 132 valence electrons. The van der Waals surface area contributed by atoms with E-state index in [2.05, 4.69) is 19.4 Å². The van der Waals surface area contributed by atoms with Crippen molar-refractivity contribution in [3.63, 3.8) is 0 Å². The van der Waals surface area contributed by atoms with E-state index in [1.54, 1.807) is 11.3 Å². The molecule has 4 heterocycles. The normalized spacial score (nSPS) is 24.8. The summed E-state index contributed by atoms with van der Waals surface area (Å²) in [5, 5.41) is 2.82. The summed E-state index contributed by atoms with van der Waals surface area (Å²) >= 11 is 1.55. The van der Waals surface area contributed by atoms with Crippen LogP contribution < -0.4 is 0 Å². The highest BCUT2D eigenvalue weighted by molar-refractivity contribution is 7.13. The van der Waals surface area contributed by atoms with E-state index in [0.717, 1.165) is 36.3 Å². The number of piperidine rings is 1. The van der Waals surface area contributed by atoms with Gasteiger partial charge >= 0.3 is 0 Å². The number of rotatable bonds is 3. The van der Waals surface area contributed by atoms with Crippen molar-refractivity contribution in [1.29, 1.82) is 0 Å². The smallest absolute Gasteiger partial charge is 0.273 e.